The number of rotatable bonds is 0. The first kappa shape index (κ1) is 31.8. The third-order valence-corrected chi connectivity index (χ3v) is 6.42. The van der Waals surface area contributed by atoms with Crippen LogP contribution in [-0.4, -0.2) is 4.21 Å². The number of hydrogen-bond donors (Lipinski definition) is 0. The van der Waals surface area contributed by atoms with Crippen molar-refractivity contribution in [1.82, 2.24) is 0 Å². The van der Waals surface area contributed by atoms with Crippen molar-refractivity contribution in [3.05, 3.63) is 127 Å². The first-order valence-electron chi connectivity index (χ1n) is 13.6. The molecule has 0 N–H and O–H groups in total. The molecular formula is C37H44Zr-4. The van der Waals surface area contributed by atoms with Gasteiger partial charge in [-0.2, -0.15) is 67.4 Å². The van der Waals surface area contributed by atoms with Crippen LogP contribution in [0.4, 0.5) is 0 Å². The van der Waals surface area contributed by atoms with Crippen LogP contribution in [0.15, 0.2) is 103 Å². The molecular weight excluding hydrogens is 536 g/mol. The summed E-state index contributed by atoms with van der Waals surface area (Å²) in [7, 11) is 0. The summed E-state index contributed by atoms with van der Waals surface area (Å²) in [4.78, 5) is 0. The van der Waals surface area contributed by atoms with E-state index in [2.05, 4.69) is 101 Å². The average Bonchev–Trinajstić information content (AvgIpc) is 3.56. The second kappa shape index (κ2) is 15.9. The molecule has 0 bridgehead atoms. The molecule has 5 aromatic rings. The maximum atomic E-state index is 3.34. The van der Waals surface area contributed by atoms with E-state index in [-0.39, 0.29) is 10.8 Å². The Morgan fingerprint density at radius 2 is 1.11 bits per heavy atom. The van der Waals surface area contributed by atoms with E-state index < -0.39 is 0 Å². The van der Waals surface area contributed by atoms with Gasteiger partial charge in [0.1, 0.15) is 0 Å². The molecule has 1 aliphatic rings. The molecule has 0 amide bonds. The Hall–Kier alpha value is -2.37. The van der Waals surface area contributed by atoms with Crippen molar-refractivity contribution in [2.45, 2.75) is 71.6 Å². The molecule has 0 heterocycles. The number of benzene rings is 3. The second-order valence-electron chi connectivity index (χ2n) is 11.5. The van der Waals surface area contributed by atoms with Gasteiger partial charge in [-0.25, -0.2) is 12.1 Å². The fourth-order valence-electron chi connectivity index (χ4n) is 3.82. The Morgan fingerprint density at radius 3 is 1.34 bits per heavy atom. The van der Waals surface area contributed by atoms with Crippen molar-refractivity contribution in [2.75, 3.05) is 0 Å². The van der Waals surface area contributed by atoms with E-state index in [4.69, 9.17) is 0 Å². The van der Waals surface area contributed by atoms with Crippen LogP contribution in [0.3, 0.4) is 0 Å². The van der Waals surface area contributed by atoms with Gasteiger partial charge in [0.2, 0.25) is 0 Å². The third-order valence-electron chi connectivity index (χ3n) is 6.42. The third kappa shape index (κ3) is 10.4. The molecule has 1 fully saturated rings. The van der Waals surface area contributed by atoms with Crippen LogP contribution in [0.5, 0.6) is 0 Å². The van der Waals surface area contributed by atoms with Gasteiger partial charge in [-0.3, -0.25) is 0 Å². The van der Waals surface area contributed by atoms with Crippen molar-refractivity contribution in [1.29, 1.82) is 0 Å². The Labute approximate surface area is 247 Å². The van der Waals surface area contributed by atoms with Crippen molar-refractivity contribution in [3.8, 4) is 0 Å². The Morgan fingerprint density at radius 1 is 0.684 bits per heavy atom. The fraction of sp³-hybridized carbons (Fsp3) is 0.297. The molecule has 0 aliphatic heterocycles. The first-order chi connectivity index (χ1) is 18.2. The summed E-state index contributed by atoms with van der Waals surface area (Å²) >= 11 is 1.30. The number of hydrogen-bond acceptors (Lipinski definition) is 0. The average molecular weight is 580 g/mol. The van der Waals surface area contributed by atoms with Crippen molar-refractivity contribution in [2.24, 2.45) is 0 Å². The van der Waals surface area contributed by atoms with Crippen LogP contribution < -0.4 is 0 Å². The maximum Gasteiger partial charge on any atom is -0.171 e. The summed E-state index contributed by atoms with van der Waals surface area (Å²) in [6.07, 6.45) is 6.50. The summed E-state index contributed by atoms with van der Waals surface area (Å²) in [5.74, 6) is 0. The van der Waals surface area contributed by atoms with Crippen molar-refractivity contribution in [3.63, 3.8) is 0 Å². The normalized spacial score (nSPS) is 12.2. The molecule has 1 heteroatoms. The molecule has 6 rings (SSSR count). The first-order valence-corrected chi connectivity index (χ1v) is 15.3. The van der Waals surface area contributed by atoms with E-state index in [1.54, 1.807) is 0 Å². The summed E-state index contributed by atoms with van der Waals surface area (Å²) in [6.45, 7) is 13.6. The largest absolute Gasteiger partial charge is 0.214 e. The van der Waals surface area contributed by atoms with E-state index in [1.807, 2.05) is 60.7 Å². The van der Waals surface area contributed by atoms with Gasteiger partial charge in [-0.1, -0.05) is 76.9 Å². The van der Waals surface area contributed by atoms with Crippen LogP contribution in [0.2, 0.25) is 0 Å². The maximum absolute atomic E-state index is 3.34. The second-order valence-corrected chi connectivity index (χ2v) is 11.5. The van der Waals surface area contributed by atoms with Crippen molar-refractivity contribution >= 4 is 25.8 Å². The van der Waals surface area contributed by atoms with E-state index >= 15 is 0 Å². The molecule has 0 saturated heterocycles. The summed E-state index contributed by atoms with van der Waals surface area (Å²) in [5.41, 5.74) is 3.21. The van der Waals surface area contributed by atoms with E-state index in [1.165, 1.54) is 76.2 Å². The zero-order valence-corrected chi connectivity index (χ0v) is 26.7. The predicted octanol–water partition coefficient (Wildman–Crippen LogP) is 10.5. The molecule has 0 unspecified atom stereocenters. The predicted molar refractivity (Wildman–Crippen MR) is 167 cm³/mol. The SMILES string of the molecule is CC(C)(C)c1ccc2c(c1)[cH-]c1cc(C(C)(C)C)ccc12.[CH-]1CCC1.[CH2]=[Zr].[c-]1ccccc1.c1cc[cH-]c1. The molecule has 0 radical (unpaired) electrons. The fourth-order valence-corrected chi connectivity index (χ4v) is 3.82. The Balaban J connectivity index is 0.000000239. The van der Waals surface area contributed by atoms with E-state index in [0.29, 0.717) is 0 Å². The van der Waals surface area contributed by atoms with Gasteiger partial charge in [0.05, 0.1) is 0 Å². The number of fused-ring (bicyclic) bond motifs is 3. The van der Waals surface area contributed by atoms with Crippen LogP contribution in [0, 0.1) is 12.5 Å². The molecule has 0 spiro atoms. The molecule has 0 aromatic heterocycles. The van der Waals surface area contributed by atoms with Crippen LogP contribution in [0.1, 0.15) is 71.9 Å². The van der Waals surface area contributed by atoms with Gasteiger partial charge in [-0.15, -0.1) is 46.2 Å². The zero-order valence-electron chi connectivity index (χ0n) is 24.2. The van der Waals surface area contributed by atoms with Crippen LogP contribution in [0.25, 0.3) is 21.5 Å². The van der Waals surface area contributed by atoms with Crippen LogP contribution >= 0.6 is 0 Å². The Kier molecular flexibility index (Phi) is 13.3. The topological polar surface area (TPSA) is 0 Å². The molecule has 1 aliphatic carbocycles. The van der Waals surface area contributed by atoms with Gasteiger partial charge in [0.15, 0.2) is 0 Å². The minimum Gasteiger partial charge on any atom is -0.214 e. The van der Waals surface area contributed by atoms with Gasteiger partial charge >= 0.3 is 28.4 Å². The quantitative estimate of drug-likeness (QED) is 0.160. The monoisotopic (exact) mass is 578 g/mol. The van der Waals surface area contributed by atoms with Gasteiger partial charge in [-0.05, 0) is 10.8 Å². The minimum absolute atomic E-state index is 0.203. The molecule has 5 aromatic carbocycles. The molecule has 0 nitrogen and oxygen atoms in total. The summed E-state index contributed by atoms with van der Waals surface area (Å²) in [5, 5.41) is 5.48. The molecule has 38 heavy (non-hydrogen) atoms. The molecule has 1 saturated carbocycles. The summed E-state index contributed by atoms with van der Waals surface area (Å²) < 4.78 is 3.34. The van der Waals surface area contributed by atoms with E-state index in [9.17, 15) is 0 Å². The Bertz CT molecular complexity index is 1170. The standard InChI is InChI=1S/C21H25.C6H5.C5H5.C4H7.CH2.Zr/c1-20(2,3)16-7-9-18-14(12-16)11-15-13-17(21(4,5)6)8-10-19(15)18;1-2-4-6-5-3-1;1-2-4-5-3-1;1-2-4-3-1;;/h7-13H,1-6H3;1-5H;1-5H;1H,2-4H2;1H2;/q4*-1;;. The van der Waals surface area contributed by atoms with Gasteiger partial charge in [0, 0.05) is 0 Å². The minimum atomic E-state index is 0.203. The van der Waals surface area contributed by atoms with Gasteiger partial charge < -0.3 is 6.42 Å². The zero-order chi connectivity index (χ0) is 28.0. The molecule has 200 valence electrons. The summed E-state index contributed by atoms with van der Waals surface area (Å²) in [6, 6.07) is 38.7. The van der Waals surface area contributed by atoms with E-state index in [0.717, 1.165) is 0 Å². The smallest absolute Gasteiger partial charge is 0.171 e. The van der Waals surface area contributed by atoms with Gasteiger partial charge in [0.25, 0.3) is 0 Å². The van der Waals surface area contributed by atoms with Crippen LogP contribution in [-0.2, 0) is 35.1 Å². The van der Waals surface area contributed by atoms with Crippen molar-refractivity contribution < 1.29 is 24.2 Å². The molecule has 0 atom stereocenters.